The first-order valence-electron chi connectivity index (χ1n) is 5.67. The number of nitrogens with two attached hydrogens (primary N) is 1. The molecule has 2 atom stereocenters. The van der Waals surface area contributed by atoms with Gasteiger partial charge in [-0.15, -0.1) is 11.3 Å². The number of aliphatic hydroxyl groups is 1. The summed E-state index contributed by atoms with van der Waals surface area (Å²) in [7, 11) is 0. The molecular weight excluding hydrogens is 345 g/mol. The van der Waals surface area contributed by atoms with Crippen LogP contribution >= 0.6 is 27.3 Å². The Labute approximate surface area is 122 Å². The van der Waals surface area contributed by atoms with E-state index in [2.05, 4.69) is 15.9 Å². The highest BCUT2D eigenvalue weighted by molar-refractivity contribution is 9.11. The Morgan fingerprint density at radius 3 is 2.47 bits per heavy atom. The molecule has 110 valence electrons. The molecule has 0 aliphatic heterocycles. The van der Waals surface area contributed by atoms with E-state index in [0.717, 1.165) is 8.66 Å². The minimum atomic E-state index is -4.32. The lowest BCUT2D eigenvalue weighted by Gasteiger charge is -2.33. The van der Waals surface area contributed by atoms with Crippen molar-refractivity contribution in [3.05, 3.63) is 20.8 Å². The minimum Gasteiger partial charge on any atom is -0.395 e. The Kier molecular flexibility index (Phi) is 6.25. The van der Waals surface area contributed by atoms with Gasteiger partial charge in [0.2, 0.25) is 0 Å². The van der Waals surface area contributed by atoms with Crippen LogP contribution in [0.25, 0.3) is 0 Å². The van der Waals surface area contributed by atoms with Crippen molar-refractivity contribution in [2.24, 2.45) is 5.73 Å². The van der Waals surface area contributed by atoms with Crippen LogP contribution in [0.2, 0.25) is 0 Å². The maximum Gasteiger partial charge on any atom is 0.401 e. The van der Waals surface area contributed by atoms with Crippen LogP contribution in [0.1, 0.15) is 17.8 Å². The molecular formula is C11H16BrF3N2OS. The van der Waals surface area contributed by atoms with Gasteiger partial charge in [-0.2, -0.15) is 13.2 Å². The molecule has 2 unspecified atom stereocenters. The lowest BCUT2D eigenvalue weighted by molar-refractivity contribution is -0.152. The first-order valence-corrected chi connectivity index (χ1v) is 7.28. The molecule has 0 saturated carbocycles. The standard InChI is InChI=1S/C11H16BrF3N2OS/c1-7(16)10(8-2-3-9(12)19-8)17(4-5-18)6-11(13,14)15/h2-3,7,10,18H,4-6,16H2,1H3. The van der Waals surface area contributed by atoms with Crippen molar-refractivity contribution in [1.29, 1.82) is 0 Å². The Hall–Kier alpha value is -0.150. The van der Waals surface area contributed by atoms with E-state index in [0.29, 0.717) is 0 Å². The highest BCUT2D eigenvalue weighted by Gasteiger charge is 2.35. The lowest BCUT2D eigenvalue weighted by atomic mass is 10.1. The van der Waals surface area contributed by atoms with Gasteiger partial charge in [0.1, 0.15) is 0 Å². The van der Waals surface area contributed by atoms with Crippen molar-refractivity contribution in [2.45, 2.75) is 25.2 Å². The predicted molar refractivity (Wildman–Crippen MR) is 73.1 cm³/mol. The molecule has 0 saturated heterocycles. The summed E-state index contributed by atoms with van der Waals surface area (Å²) in [5.41, 5.74) is 5.83. The van der Waals surface area contributed by atoms with E-state index in [9.17, 15) is 13.2 Å². The summed E-state index contributed by atoms with van der Waals surface area (Å²) in [6.07, 6.45) is -4.32. The first-order chi connectivity index (χ1) is 8.74. The Balaban J connectivity index is 2.99. The van der Waals surface area contributed by atoms with Gasteiger partial charge in [0.25, 0.3) is 0 Å². The summed E-state index contributed by atoms with van der Waals surface area (Å²) >= 11 is 4.64. The third-order valence-corrected chi connectivity index (χ3v) is 4.24. The molecule has 1 heterocycles. The molecule has 0 amide bonds. The molecule has 0 aliphatic rings. The van der Waals surface area contributed by atoms with Gasteiger partial charge in [0, 0.05) is 17.5 Å². The molecule has 1 rings (SSSR count). The zero-order valence-corrected chi connectivity index (χ0v) is 12.7. The predicted octanol–water partition coefficient (Wildman–Crippen LogP) is 2.76. The molecule has 0 aromatic carbocycles. The van der Waals surface area contributed by atoms with E-state index in [1.807, 2.05) is 0 Å². The molecule has 3 nitrogen and oxygen atoms in total. The number of thiophene rings is 1. The molecule has 8 heteroatoms. The lowest BCUT2D eigenvalue weighted by Crippen LogP contribution is -2.44. The van der Waals surface area contributed by atoms with Crippen molar-refractivity contribution in [2.75, 3.05) is 19.7 Å². The van der Waals surface area contributed by atoms with Gasteiger partial charge < -0.3 is 10.8 Å². The van der Waals surface area contributed by atoms with Gasteiger partial charge >= 0.3 is 6.18 Å². The summed E-state index contributed by atoms with van der Waals surface area (Å²) in [6, 6.07) is 2.49. The topological polar surface area (TPSA) is 49.5 Å². The normalized spacial score (nSPS) is 15.8. The number of hydrogen-bond acceptors (Lipinski definition) is 4. The zero-order chi connectivity index (χ0) is 14.6. The van der Waals surface area contributed by atoms with Crippen molar-refractivity contribution in [1.82, 2.24) is 4.90 Å². The molecule has 0 aliphatic carbocycles. The largest absolute Gasteiger partial charge is 0.401 e. The third kappa shape index (κ3) is 5.39. The van der Waals surface area contributed by atoms with Gasteiger partial charge in [-0.05, 0) is 35.0 Å². The molecule has 1 aromatic heterocycles. The van der Waals surface area contributed by atoms with E-state index in [-0.39, 0.29) is 13.2 Å². The molecule has 0 radical (unpaired) electrons. The van der Waals surface area contributed by atoms with Crippen LogP contribution in [-0.2, 0) is 0 Å². The van der Waals surface area contributed by atoms with Crippen molar-refractivity contribution < 1.29 is 18.3 Å². The molecule has 0 fully saturated rings. The molecule has 19 heavy (non-hydrogen) atoms. The number of rotatable bonds is 6. The Morgan fingerprint density at radius 1 is 1.47 bits per heavy atom. The first kappa shape index (κ1) is 16.9. The smallest absolute Gasteiger partial charge is 0.395 e. The van der Waals surface area contributed by atoms with Crippen molar-refractivity contribution in [3.63, 3.8) is 0 Å². The highest BCUT2D eigenvalue weighted by atomic mass is 79.9. The average molecular weight is 361 g/mol. The van der Waals surface area contributed by atoms with Gasteiger partial charge in [-0.3, -0.25) is 4.90 Å². The van der Waals surface area contributed by atoms with Crippen molar-refractivity contribution >= 4 is 27.3 Å². The highest BCUT2D eigenvalue weighted by Crippen LogP contribution is 2.33. The fourth-order valence-electron chi connectivity index (χ4n) is 1.93. The average Bonchev–Trinajstić information content (AvgIpc) is 2.62. The van der Waals surface area contributed by atoms with Crippen LogP contribution < -0.4 is 5.73 Å². The molecule has 1 aromatic rings. The number of nitrogens with zero attached hydrogens (tertiary/aromatic N) is 1. The number of aliphatic hydroxyl groups excluding tert-OH is 1. The fourth-order valence-corrected chi connectivity index (χ4v) is 3.61. The second-order valence-electron chi connectivity index (χ2n) is 4.26. The maximum atomic E-state index is 12.6. The van der Waals surface area contributed by atoms with Crippen LogP contribution in [0.4, 0.5) is 13.2 Å². The van der Waals surface area contributed by atoms with Gasteiger partial charge in [0.05, 0.1) is 23.0 Å². The van der Waals surface area contributed by atoms with E-state index >= 15 is 0 Å². The molecule has 0 spiro atoms. The van der Waals surface area contributed by atoms with E-state index in [1.165, 1.54) is 16.2 Å². The quantitative estimate of drug-likeness (QED) is 0.819. The van der Waals surface area contributed by atoms with Crippen LogP contribution in [0.3, 0.4) is 0 Å². The van der Waals surface area contributed by atoms with Crippen LogP contribution in [-0.4, -0.2) is 41.9 Å². The van der Waals surface area contributed by atoms with Gasteiger partial charge in [-0.25, -0.2) is 0 Å². The van der Waals surface area contributed by atoms with Crippen LogP contribution in [0, 0.1) is 0 Å². The van der Waals surface area contributed by atoms with E-state index < -0.39 is 24.8 Å². The second-order valence-corrected chi connectivity index (χ2v) is 6.75. The monoisotopic (exact) mass is 360 g/mol. The summed E-state index contributed by atoms with van der Waals surface area (Å²) < 4.78 is 38.6. The zero-order valence-electron chi connectivity index (χ0n) is 10.3. The SMILES string of the molecule is CC(N)C(c1ccc(Br)s1)N(CCO)CC(F)(F)F. The summed E-state index contributed by atoms with van der Waals surface area (Å²) in [5.74, 6) is 0. The van der Waals surface area contributed by atoms with E-state index in [1.54, 1.807) is 19.1 Å². The number of hydrogen-bond donors (Lipinski definition) is 2. The molecule has 0 bridgehead atoms. The molecule has 3 N–H and O–H groups in total. The third-order valence-electron chi connectivity index (χ3n) is 2.55. The fraction of sp³-hybridized carbons (Fsp3) is 0.636. The van der Waals surface area contributed by atoms with E-state index in [4.69, 9.17) is 10.8 Å². The van der Waals surface area contributed by atoms with Gasteiger partial charge in [0.15, 0.2) is 0 Å². The van der Waals surface area contributed by atoms with Crippen LogP contribution in [0.5, 0.6) is 0 Å². The number of alkyl halides is 3. The van der Waals surface area contributed by atoms with Crippen LogP contribution in [0.15, 0.2) is 15.9 Å². The summed E-state index contributed by atoms with van der Waals surface area (Å²) in [5, 5.41) is 8.96. The summed E-state index contributed by atoms with van der Waals surface area (Å²) in [4.78, 5) is 1.92. The number of halogens is 4. The second kappa shape index (κ2) is 7.03. The maximum absolute atomic E-state index is 12.6. The van der Waals surface area contributed by atoms with Crippen molar-refractivity contribution in [3.8, 4) is 0 Å². The minimum absolute atomic E-state index is 0.0682. The Bertz CT molecular complexity index is 398. The summed E-state index contributed by atoms with van der Waals surface area (Å²) in [6.45, 7) is 0.168. The van der Waals surface area contributed by atoms with Gasteiger partial charge in [-0.1, -0.05) is 0 Å². The Morgan fingerprint density at radius 2 is 2.11 bits per heavy atom.